The molecule has 0 amide bonds. The zero-order valence-electron chi connectivity index (χ0n) is 12.1. The lowest BCUT2D eigenvalue weighted by Crippen LogP contribution is -2.63. The molecule has 0 bridgehead atoms. The molecular weight excluding hydrogens is 331 g/mol. The van der Waals surface area contributed by atoms with Gasteiger partial charge in [0.1, 0.15) is 0 Å². The number of ether oxygens (including phenoxy) is 1. The van der Waals surface area contributed by atoms with Gasteiger partial charge in [0.15, 0.2) is 17.4 Å². The number of benzene rings is 1. The Kier molecular flexibility index (Phi) is 6.29. The van der Waals surface area contributed by atoms with Crippen molar-refractivity contribution in [3.05, 3.63) is 29.6 Å². The third-order valence-corrected chi connectivity index (χ3v) is 5.22. The summed E-state index contributed by atoms with van der Waals surface area (Å²) in [5.74, 6) is -6.52. The van der Waals surface area contributed by atoms with Gasteiger partial charge in [0, 0.05) is 20.3 Å². The van der Waals surface area contributed by atoms with E-state index in [1.807, 2.05) is 0 Å². The molecule has 0 atom stereocenters. The Labute approximate surface area is 125 Å². The molecule has 0 aliphatic rings. The summed E-state index contributed by atoms with van der Waals surface area (Å²) >= 11 is 0. The van der Waals surface area contributed by atoms with Gasteiger partial charge in [-0.15, -0.1) is 0 Å². The molecule has 4 nitrogen and oxygen atoms in total. The van der Waals surface area contributed by atoms with Crippen LogP contribution >= 0.6 is 0 Å². The number of rotatable bonds is 8. The van der Waals surface area contributed by atoms with Crippen LogP contribution in [-0.4, -0.2) is 34.9 Å². The predicted octanol–water partition coefficient (Wildman–Crippen LogP) is 3.27. The molecule has 0 saturated carbocycles. The lowest BCUT2D eigenvalue weighted by Gasteiger charge is -2.32. The van der Waals surface area contributed by atoms with E-state index < -0.39 is 37.7 Å². The lowest BCUT2D eigenvalue weighted by molar-refractivity contribution is -0.168. The summed E-state index contributed by atoms with van der Waals surface area (Å²) in [7, 11) is -3.75. The Morgan fingerprint density at radius 1 is 1.00 bits per heavy atom. The van der Waals surface area contributed by atoms with Crippen LogP contribution in [0.4, 0.5) is 22.0 Å². The van der Waals surface area contributed by atoms with Gasteiger partial charge in [0.2, 0.25) is 5.82 Å². The Morgan fingerprint density at radius 3 is 2.00 bits per heavy atom. The Hall–Kier alpha value is -1.23. The average Bonchev–Trinajstić information content (AvgIpc) is 2.47. The Morgan fingerprint density at radius 2 is 1.55 bits per heavy atom. The fourth-order valence-corrected chi connectivity index (χ4v) is 3.50. The van der Waals surface area contributed by atoms with Crippen LogP contribution in [0.2, 0.25) is 0 Å². The summed E-state index contributed by atoms with van der Waals surface area (Å²) in [5.41, 5.74) is -4.21. The van der Waals surface area contributed by atoms with Gasteiger partial charge in [0.05, 0.1) is 0 Å². The molecule has 1 aromatic rings. The Bertz CT molecular complexity index is 509. The second-order valence-electron chi connectivity index (χ2n) is 3.92. The molecule has 0 unspecified atom stereocenters. The van der Waals surface area contributed by atoms with E-state index in [2.05, 4.69) is 9.16 Å². The van der Waals surface area contributed by atoms with Gasteiger partial charge >= 0.3 is 14.5 Å². The van der Waals surface area contributed by atoms with E-state index >= 15 is 0 Å². The number of halogens is 5. The highest BCUT2D eigenvalue weighted by Gasteiger charge is 2.68. The first-order valence-electron chi connectivity index (χ1n) is 6.28. The molecule has 22 heavy (non-hydrogen) atoms. The minimum absolute atomic E-state index is 0.181. The summed E-state index contributed by atoms with van der Waals surface area (Å²) in [6.45, 7) is 2.49. The van der Waals surface area contributed by atoms with Gasteiger partial charge in [-0.05, 0) is 26.0 Å². The van der Waals surface area contributed by atoms with Crippen molar-refractivity contribution in [1.82, 2.24) is 0 Å². The van der Waals surface area contributed by atoms with Gasteiger partial charge in [-0.3, -0.25) is 0 Å². The molecule has 1 rings (SSSR count). The molecule has 0 heterocycles. The Balaban J connectivity index is 3.18. The van der Waals surface area contributed by atoms with Crippen molar-refractivity contribution in [2.45, 2.75) is 19.6 Å². The molecule has 0 fully saturated rings. The van der Waals surface area contributed by atoms with Crippen molar-refractivity contribution in [3.63, 3.8) is 0 Å². The first kappa shape index (κ1) is 18.8. The molecule has 126 valence electrons. The largest absolute Gasteiger partial charge is 0.627 e. The lowest BCUT2D eigenvalue weighted by atomic mass is 10.3. The average molecular weight is 346 g/mol. The van der Waals surface area contributed by atoms with E-state index in [1.165, 1.54) is 13.8 Å². The van der Waals surface area contributed by atoms with Crippen molar-refractivity contribution < 1.29 is 40.0 Å². The van der Waals surface area contributed by atoms with Gasteiger partial charge in [0.25, 0.3) is 0 Å². The fourth-order valence-electron chi connectivity index (χ4n) is 1.61. The van der Waals surface area contributed by atoms with E-state index in [0.29, 0.717) is 12.1 Å². The molecule has 0 aromatic heterocycles. The van der Waals surface area contributed by atoms with Crippen LogP contribution in [0.3, 0.4) is 0 Å². The van der Waals surface area contributed by atoms with Crippen LogP contribution in [0.5, 0.6) is 5.75 Å². The standard InChI is InChI=1S/C12H15F5O4Si/c1-4-19-22(18-3,20-5-2)12(16,17)21-9-7-6-8(13)10(14)11(9)15/h6-7H,4-5H2,1-3H3. The highest BCUT2D eigenvalue weighted by atomic mass is 28.4. The SMILES string of the molecule is CCO[Si](OC)(OCC)C(F)(F)Oc1ccc(F)c(F)c1F. The van der Waals surface area contributed by atoms with Crippen molar-refractivity contribution in [2.75, 3.05) is 20.3 Å². The molecule has 0 spiro atoms. The van der Waals surface area contributed by atoms with E-state index in [1.54, 1.807) is 0 Å². The summed E-state index contributed by atoms with van der Waals surface area (Å²) in [6, 6.07) is 0.996. The third kappa shape index (κ3) is 3.56. The van der Waals surface area contributed by atoms with Crippen molar-refractivity contribution >= 4 is 8.80 Å². The smallest absolute Gasteiger partial charge is 0.427 e. The van der Waals surface area contributed by atoms with Crippen LogP contribution < -0.4 is 4.74 Å². The highest BCUT2D eigenvalue weighted by molar-refractivity contribution is 6.63. The normalized spacial score (nSPS) is 12.5. The summed E-state index contributed by atoms with van der Waals surface area (Å²) < 4.78 is 86.6. The monoisotopic (exact) mass is 346 g/mol. The van der Waals surface area contributed by atoms with Crippen LogP contribution in [-0.2, 0) is 13.3 Å². The van der Waals surface area contributed by atoms with Crippen molar-refractivity contribution in [2.24, 2.45) is 0 Å². The summed E-state index contributed by atoms with van der Waals surface area (Å²) in [6.07, 6.45) is 0. The predicted molar refractivity (Wildman–Crippen MR) is 67.9 cm³/mol. The maximum absolute atomic E-state index is 14.3. The third-order valence-electron chi connectivity index (χ3n) is 2.53. The first-order chi connectivity index (χ1) is 10.2. The zero-order chi connectivity index (χ0) is 17.0. The van der Waals surface area contributed by atoms with Crippen LogP contribution in [0, 0.1) is 17.5 Å². The minimum atomic E-state index is -4.67. The maximum atomic E-state index is 14.3. The van der Waals surface area contributed by atoms with Crippen molar-refractivity contribution in [1.29, 1.82) is 0 Å². The maximum Gasteiger partial charge on any atom is 0.627 e. The summed E-state index contributed by atoms with van der Waals surface area (Å²) in [4.78, 5) is 0. The molecule has 0 saturated heterocycles. The van der Waals surface area contributed by atoms with Crippen LogP contribution in [0.1, 0.15) is 13.8 Å². The number of hydrogen-bond donors (Lipinski definition) is 0. The molecule has 10 heteroatoms. The minimum Gasteiger partial charge on any atom is -0.427 e. The quantitative estimate of drug-likeness (QED) is 0.411. The van der Waals surface area contributed by atoms with Gasteiger partial charge in [-0.2, -0.15) is 13.2 Å². The van der Waals surface area contributed by atoms with Gasteiger partial charge in [-0.1, -0.05) is 0 Å². The second kappa shape index (κ2) is 7.35. The van der Waals surface area contributed by atoms with E-state index in [-0.39, 0.29) is 13.2 Å². The molecular formula is C12H15F5O4Si. The van der Waals surface area contributed by atoms with Crippen LogP contribution in [0.15, 0.2) is 12.1 Å². The molecule has 1 aromatic carbocycles. The molecule has 0 radical (unpaired) electrons. The fraction of sp³-hybridized carbons (Fsp3) is 0.500. The number of hydrogen-bond acceptors (Lipinski definition) is 4. The first-order valence-corrected chi connectivity index (χ1v) is 8.00. The molecule has 0 aliphatic heterocycles. The van der Waals surface area contributed by atoms with Gasteiger partial charge < -0.3 is 18.0 Å². The van der Waals surface area contributed by atoms with E-state index in [4.69, 9.17) is 8.85 Å². The van der Waals surface area contributed by atoms with E-state index in [9.17, 15) is 22.0 Å². The topological polar surface area (TPSA) is 36.9 Å². The van der Waals surface area contributed by atoms with E-state index in [0.717, 1.165) is 7.11 Å². The summed E-state index contributed by atoms with van der Waals surface area (Å²) in [5, 5.41) is 0. The second-order valence-corrected chi connectivity index (χ2v) is 6.60. The van der Waals surface area contributed by atoms with Gasteiger partial charge in [-0.25, -0.2) is 8.78 Å². The molecule has 0 N–H and O–H groups in total. The zero-order valence-corrected chi connectivity index (χ0v) is 13.1. The van der Waals surface area contributed by atoms with Crippen LogP contribution in [0.25, 0.3) is 0 Å². The number of alkyl halides is 2. The molecule has 0 aliphatic carbocycles. The highest BCUT2D eigenvalue weighted by Crippen LogP contribution is 2.34. The van der Waals surface area contributed by atoms with Crippen molar-refractivity contribution in [3.8, 4) is 5.75 Å².